The maximum Gasteiger partial charge on any atom is 0.469 e. The van der Waals surface area contributed by atoms with Crippen LogP contribution in [0.15, 0.2) is 0 Å². The SMILES string of the molecule is CCN(CCOP(=O)(O)O)S(=O)(=O)C(F)(F)C(F)(F)C(F)(F)C(F)(F)C(F)(F)C(F)(F)C(F)(F)C(F)(F)F. The predicted molar refractivity (Wildman–Crippen MR) is 84.8 cm³/mol. The average molecular weight is 651 g/mol. The first kappa shape index (κ1) is 36.8. The third-order valence-corrected chi connectivity index (χ3v) is 6.85. The Bertz CT molecular complexity index is 1010. The molecule has 0 aromatic carbocycles. The second kappa shape index (κ2) is 10.0. The molecule has 0 heterocycles. The second-order valence-corrected chi connectivity index (χ2v) is 10.0. The van der Waals surface area contributed by atoms with Gasteiger partial charge in [0.2, 0.25) is 0 Å². The molecule has 0 aromatic heterocycles. The Morgan fingerprint density at radius 2 is 0.974 bits per heavy atom. The number of phosphoric acid groups is 1. The zero-order valence-corrected chi connectivity index (χ0v) is 19.1. The first-order valence-corrected chi connectivity index (χ1v) is 11.5. The molecule has 26 heteroatoms. The molecule has 0 spiro atoms. The minimum absolute atomic E-state index is 0.407. The summed E-state index contributed by atoms with van der Waals surface area (Å²) in [5.41, 5.74) is 0. The molecule has 38 heavy (non-hydrogen) atoms. The minimum atomic E-state index is -8.96. The molecule has 0 rings (SSSR count). The Kier molecular flexibility index (Phi) is 9.72. The molecule has 0 amide bonds. The van der Waals surface area contributed by atoms with E-state index in [-0.39, 0.29) is 0 Å². The quantitative estimate of drug-likeness (QED) is 0.221. The van der Waals surface area contributed by atoms with Crippen molar-refractivity contribution in [3.8, 4) is 0 Å². The summed E-state index contributed by atoms with van der Waals surface area (Å²) in [7, 11) is -13.1. The molecule has 0 unspecified atom stereocenters. The summed E-state index contributed by atoms with van der Waals surface area (Å²) in [6.45, 7) is -4.73. The molecule has 0 radical (unpaired) electrons. The summed E-state index contributed by atoms with van der Waals surface area (Å²) in [4.78, 5) is 16.7. The fourth-order valence-electron chi connectivity index (χ4n) is 2.18. The van der Waals surface area contributed by atoms with Gasteiger partial charge in [0.25, 0.3) is 10.0 Å². The smallest absolute Gasteiger partial charge is 0.303 e. The lowest BCUT2D eigenvalue weighted by atomic mass is 9.91. The molecule has 0 atom stereocenters. The number of alkyl halides is 17. The highest BCUT2D eigenvalue weighted by Crippen LogP contribution is 2.64. The van der Waals surface area contributed by atoms with Gasteiger partial charge in [-0.1, -0.05) is 6.92 Å². The van der Waals surface area contributed by atoms with Crippen molar-refractivity contribution in [1.29, 1.82) is 0 Å². The van der Waals surface area contributed by atoms with Gasteiger partial charge in [0.1, 0.15) is 0 Å². The number of likely N-dealkylation sites (N-methyl/N-ethyl adjacent to an activating group) is 1. The van der Waals surface area contributed by atoms with Crippen molar-refractivity contribution in [2.24, 2.45) is 0 Å². The van der Waals surface area contributed by atoms with Crippen molar-refractivity contribution in [3.05, 3.63) is 0 Å². The molecule has 230 valence electrons. The number of hydrogen-bond acceptors (Lipinski definition) is 4. The molecule has 7 nitrogen and oxygen atoms in total. The van der Waals surface area contributed by atoms with Crippen LogP contribution in [-0.2, 0) is 19.1 Å². The Labute approximate surface area is 198 Å². The normalized spacial score (nSPS) is 16.3. The second-order valence-electron chi connectivity index (χ2n) is 6.78. The Hall–Kier alpha value is -1.17. The van der Waals surface area contributed by atoms with Crippen molar-refractivity contribution >= 4 is 17.8 Å². The predicted octanol–water partition coefficient (Wildman–Crippen LogP) is 4.71. The molecule has 0 saturated carbocycles. The van der Waals surface area contributed by atoms with Gasteiger partial charge >= 0.3 is 54.8 Å². The number of nitrogens with zero attached hydrogens (tertiary/aromatic N) is 1. The van der Waals surface area contributed by atoms with E-state index in [9.17, 15) is 87.6 Å². The first-order chi connectivity index (χ1) is 16.2. The van der Waals surface area contributed by atoms with E-state index in [1.807, 2.05) is 0 Å². The van der Waals surface area contributed by atoms with E-state index in [2.05, 4.69) is 4.52 Å². The molecule has 0 bridgehead atoms. The summed E-state index contributed by atoms with van der Waals surface area (Å²) in [5, 5.41) is -7.76. The van der Waals surface area contributed by atoms with E-state index in [1.165, 1.54) is 0 Å². The van der Waals surface area contributed by atoms with Crippen molar-refractivity contribution in [1.82, 2.24) is 4.31 Å². The van der Waals surface area contributed by atoms with Crippen LogP contribution in [0.25, 0.3) is 0 Å². The summed E-state index contributed by atoms with van der Waals surface area (Å²) < 4.78 is 262. The average Bonchev–Trinajstić information content (AvgIpc) is 2.68. The molecule has 0 fully saturated rings. The van der Waals surface area contributed by atoms with Gasteiger partial charge in [-0.2, -0.15) is 78.9 Å². The van der Waals surface area contributed by atoms with E-state index in [0.29, 0.717) is 6.92 Å². The van der Waals surface area contributed by atoms with Gasteiger partial charge in [0.15, 0.2) is 0 Å². The fraction of sp³-hybridized carbons (Fsp3) is 1.00. The topological polar surface area (TPSA) is 104 Å². The lowest BCUT2D eigenvalue weighted by Crippen LogP contribution is -2.75. The lowest BCUT2D eigenvalue weighted by molar-refractivity contribution is -0.458. The molecular weight excluding hydrogens is 640 g/mol. The van der Waals surface area contributed by atoms with Crippen molar-refractivity contribution < 1.29 is 102 Å². The van der Waals surface area contributed by atoms with Crippen LogP contribution in [0.5, 0.6) is 0 Å². The lowest BCUT2D eigenvalue weighted by Gasteiger charge is -2.43. The van der Waals surface area contributed by atoms with Crippen LogP contribution in [0.2, 0.25) is 0 Å². The zero-order valence-electron chi connectivity index (χ0n) is 17.4. The van der Waals surface area contributed by atoms with Crippen LogP contribution in [0.3, 0.4) is 0 Å². The van der Waals surface area contributed by atoms with E-state index in [0.717, 1.165) is 0 Å². The molecule has 2 N–H and O–H groups in total. The third-order valence-electron chi connectivity index (χ3n) is 4.31. The summed E-state index contributed by atoms with van der Waals surface area (Å²) >= 11 is 0. The first-order valence-electron chi connectivity index (χ1n) is 8.58. The van der Waals surface area contributed by atoms with Crippen molar-refractivity contribution in [3.63, 3.8) is 0 Å². The highest BCUT2D eigenvalue weighted by atomic mass is 32.2. The fourth-order valence-corrected chi connectivity index (χ4v) is 3.93. The molecule has 0 aliphatic carbocycles. The summed E-state index contributed by atoms with van der Waals surface area (Å²) in [6, 6.07) is 0. The van der Waals surface area contributed by atoms with Gasteiger partial charge in [-0.05, 0) is 0 Å². The summed E-state index contributed by atoms with van der Waals surface area (Å²) in [6.07, 6.45) is -7.93. The van der Waals surface area contributed by atoms with Crippen LogP contribution >= 0.6 is 7.82 Å². The molecule has 0 saturated heterocycles. The minimum Gasteiger partial charge on any atom is -0.303 e. The van der Waals surface area contributed by atoms with Gasteiger partial charge in [0.05, 0.1) is 6.61 Å². The molecular formula is C12H11F17NO6PS. The third kappa shape index (κ3) is 5.41. The van der Waals surface area contributed by atoms with Gasteiger partial charge in [-0.3, -0.25) is 4.52 Å². The Morgan fingerprint density at radius 3 is 1.26 bits per heavy atom. The number of sulfonamides is 1. The number of phosphoric ester groups is 1. The highest BCUT2D eigenvalue weighted by molar-refractivity contribution is 7.90. The Morgan fingerprint density at radius 1 is 0.658 bits per heavy atom. The standard InChI is InChI=1S/C12H11F17NO6PS/c1-2-30(3-4-36-37(31,32)33)38(34,35)12(28,29)10(23,24)8(19,20)6(15,16)5(13,14)7(17,18)9(21,22)11(25,26)27/h2-4H2,1H3,(H2,31,32,33). The zero-order chi connectivity index (χ0) is 31.4. The van der Waals surface area contributed by atoms with Crippen molar-refractivity contribution in [2.75, 3.05) is 19.7 Å². The summed E-state index contributed by atoms with van der Waals surface area (Å²) in [5.74, 6) is -52.3. The van der Waals surface area contributed by atoms with Gasteiger partial charge in [-0.25, -0.2) is 13.0 Å². The van der Waals surface area contributed by atoms with E-state index < -0.39 is 88.8 Å². The van der Waals surface area contributed by atoms with Crippen LogP contribution < -0.4 is 0 Å². The van der Waals surface area contributed by atoms with Crippen molar-refractivity contribution in [2.45, 2.75) is 53.9 Å². The van der Waals surface area contributed by atoms with E-state index in [4.69, 9.17) is 9.79 Å². The van der Waals surface area contributed by atoms with E-state index >= 15 is 0 Å². The monoisotopic (exact) mass is 651 g/mol. The van der Waals surface area contributed by atoms with Gasteiger partial charge in [0, 0.05) is 13.1 Å². The maximum absolute atomic E-state index is 14.1. The maximum atomic E-state index is 14.1. The van der Waals surface area contributed by atoms with Crippen LogP contribution in [0.1, 0.15) is 6.92 Å². The van der Waals surface area contributed by atoms with Gasteiger partial charge < -0.3 is 9.79 Å². The largest absolute Gasteiger partial charge is 0.469 e. The molecule has 0 aliphatic heterocycles. The van der Waals surface area contributed by atoms with Crippen LogP contribution in [0, 0.1) is 0 Å². The molecule has 0 aliphatic rings. The molecule has 0 aromatic rings. The highest BCUT2D eigenvalue weighted by Gasteiger charge is 2.96. The van der Waals surface area contributed by atoms with E-state index in [1.54, 1.807) is 0 Å². The number of rotatable bonds is 13. The van der Waals surface area contributed by atoms with Gasteiger partial charge in [-0.15, -0.1) is 0 Å². The number of halogens is 17. The van der Waals surface area contributed by atoms with Crippen LogP contribution in [0.4, 0.5) is 74.6 Å². The Balaban J connectivity index is 6.84. The number of hydrogen-bond donors (Lipinski definition) is 2. The van der Waals surface area contributed by atoms with Crippen LogP contribution in [-0.4, -0.2) is 89.2 Å².